The van der Waals surface area contributed by atoms with Crippen LogP contribution < -0.4 is 0 Å². The molecule has 2 aromatic carbocycles. The van der Waals surface area contributed by atoms with Gasteiger partial charge in [-0.25, -0.2) is 18.5 Å². The van der Waals surface area contributed by atoms with E-state index in [1.165, 1.54) is 31.4 Å². The monoisotopic (exact) mass is 752 g/mol. The van der Waals surface area contributed by atoms with E-state index in [9.17, 15) is 22.8 Å². The maximum Gasteiger partial charge on any atom is 0.410 e. The predicted octanol–water partition coefficient (Wildman–Crippen LogP) is 5.03. The van der Waals surface area contributed by atoms with E-state index in [-0.39, 0.29) is 43.0 Å². The van der Waals surface area contributed by atoms with Crippen LogP contribution >= 0.6 is 0 Å². The van der Waals surface area contributed by atoms with Gasteiger partial charge in [0, 0.05) is 59.2 Å². The molecule has 1 aromatic heterocycles. The topological polar surface area (TPSA) is 144 Å². The molecule has 53 heavy (non-hydrogen) atoms. The van der Waals surface area contributed by atoms with E-state index in [1.807, 2.05) is 75.4 Å². The van der Waals surface area contributed by atoms with Gasteiger partial charge < -0.3 is 19.1 Å². The summed E-state index contributed by atoms with van der Waals surface area (Å²) in [5, 5.41) is 0. The standard InChI is InChI=1S/C38H52N6O8S/c1-7-50-34(45)32-23-38(17-20-41(21-18-38)36(47)52-37(2,3)4)28-43(32)25-30-15-13-29(14-16-30)24-42(35(46)51-27-31-11-9-8-10-12-31)26-33-39-19-22-44(33)53(48,49)40(5)6/h8-16,19,22,32H,7,17-18,20-21,23-28H2,1-6H3. The molecule has 3 heterocycles. The van der Waals surface area contributed by atoms with E-state index in [4.69, 9.17) is 14.2 Å². The van der Waals surface area contributed by atoms with Gasteiger partial charge in [-0.3, -0.25) is 14.6 Å². The maximum absolute atomic E-state index is 13.5. The molecule has 1 spiro atoms. The summed E-state index contributed by atoms with van der Waals surface area (Å²) in [5.41, 5.74) is 1.91. The van der Waals surface area contributed by atoms with Crippen LogP contribution in [0.1, 0.15) is 69.5 Å². The number of piperidine rings is 1. The Balaban J connectivity index is 1.29. The molecule has 0 N–H and O–H groups in total. The zero-order chi connectivity index (χ0) is 38.4. The number of benzene rings is 2. The number of ether oxygens (including phenoxy) is 3. The van der Waals surface area contributed by atoms with Crippen molar-refractivity contribution in [1.82, 2.24) is 28.0 Å². The molecule has 288 valence electrons. The number of hydrogen-bond donors (Lipinski definition) is 0. The second-order valence-corrected chi connectivity index (χ2v) is 17.0. The number of rotatable bonds is 12. The smallest absolute Gasteiger partial charge is 0.410 e. The number of esters is 1. The number of amides is 2. The van der Waals surface area contributed by atoms with Crippen molar-refractivity contribution in [3.8, 4) is 0 Å². The number of carbonyl (C=O) groups is 3. The molecule has 15 heteroatoms. The molecular weight excluding hydrogens is 701 g/mol. The lowest BCUT2D eigenvalue weighted by Gasteiger charge is -2.39. The lowest BCUT2D eigenvalue weighted by atomic mass is 9.76. The third kappa shape index (κ3) is 10.1. The van der Waals surface area contributed by atoms with Crippen LogP contribution in [0.15, 0.2) is 67.0 Å². The molecule has 2 aliphatic rings. The van der Waals surface area contributed by atoms with Gasteiger partial charge in [-0.15, -0.1) is 0 Å². The molecule has 1 unspecified atom stereocenters. The van der Waals surface area contributed by atoms with Gasteiger partial charge in [0.1, 0.15) is 24.1 Å². The highest BCUT2D eigenvalue weighted by Crippen LogP contribution is 2.44. The minimum atomic E-state index is -3.87. The lowest BCUT2D eigenvalue weighted by Crippen LogP contribution is -2.46. The van der Waals surface area contributed by atoms with E-state index in [1.54, 1.807) is 11.8 Å². The van der Waals surface area contributed by atoms with Crippen LogP contribution in [0.25, 0.3) is 0 Å². The predicted molar refractivity (Wildman–Crippen MR) is 197 cm³/mol. The van der Waals surface area contributed by atoms with Gasteiger partial charge in [-0.2, -0.15) is 12.7 Å². The molecule has 2 saturated heterocycles. The second-order valence-electron chi connectivity index (χ2n) is 15.0. The number of likely N-dealkylation sites (tertiary alicyclic amines) is 2. The molecule has 2 fully saturated rings. The quantitative estimate of drug-likeness (QED) is 0.183. The minimum absolute atomic E-state index is 0.0531. The van der Waals surface area contributed by atoms with Crippen molar-refractivity contribution in [2.45, 2.75) is 84.8 Å². The Kier molecular flexibility index (Phi) is 12.5. The summed E-state index contributed by atoms with van der Waals surface area (Å²) < 4.78 is 44.8. The SMILES string of the molecule is CCOC(=O)C1CC2(CCN(C(=O)OC(C)(C)C)CC2)CN1Cc1ccc(CN(Cc2nccn2S(=O)(=O)N(C)C)C(=O)OCc2ccccc2)cc1. The summed E-state index contributed by atoms with van der Waals surface area (Å²) in [7, 11) is -1.01. The highest BCUT2D eigenvalue weighted by molar-refractivity contribution is 7.87. The summed E-state index contributed by atoms with van der Waals surface area (Å²) in [5.74, 6) is -0.0771. The summed E-state index contributed by atoms with van der Waals surface area (Å²) in [6, 6.07) is 16.7. The highest BCUT2D eigenvalue weighted by Gasteiger charge is 2.49. The Morgan fingerprint density at radius 2 is 1.58 bits per heavy atom. The molecular formula is C38H52N6O8S. The average molecular weight is 753 g/mol. The summed E-state index contributed by atoms with van der Waals surface area (Å²) in [4.78, 5) is 49.0. The summed E-state index contributed by atoms with van der Waals surface area (Å²) in [6.45, 7) is 10.1. The Hall–Kier alpha value is -4.47. The fraction of sp³-hybridized carbons (Fsp3) is 0.526. The molecule has 1 atom stereocenters. The first-order valence-corrected chi connectivity index (χ1v) is 19.4. The van der Waals surface area contributed by atoms with Crippen molar-refractivity contribution >= 4 is 28.4 Å². The minimum Gasteiger partial charge on any atom is -0.465 e. The van der Waals surface area contributed by atoms with Crippen LogP contribution in [0.5, 0.6) is 0 Å². The molecule has 14 nitrogen and oxygen atoms in total. The molecule has 3 aromatic rings. The zero-order valence-electron chi connectivity index (χ0n) is 31.6. The van der Waals surface area contributed by atoms with E-state index >= 15 is 0 Å². The normalized spacial score (nSPS) is 17.6. The first-order valence-electron chi connectivity index (χ1n) is 18.0. The van der Waals surface area contributed by atoms with Crippen molar-refractivity contribution in [3.63, 3.8) is 0 Å². The number of aromatic nitrogens is 2. The molecule has 0 radical (unpaired) electrons. The van der Waals surface area contributed by atoms with Crippen LogP contribution in [-0.4, -0.2) is 107 Å². The first kappa shape index (κ1) is 39.7. The fourth-order valence-electron chi connectivity index (χ4n) is 6.82. The molecule has 2 aliphatic heterocycles. The van der Waals surface area contributed by atoms with Gasteiger partial charge in [0.05, 0.1) is 13.2 Å². The number of imidazole rings is 1. The van der Waals surface area contributed by atoms with Crippen molar-refractivity contribution in [3.05, 3.63) is 89.5 Å². The van der Waals surface area contributed by atoms with Crippen molar-refractivity contribution in [2.24, 2.45) is 5.41 Å². The Morgan fingerprint density at radius 3 is 2.21 bits per heavy atom. The molecule has 2 amide bonds. The fourth-order valence-corrected chi connectivity index (χ4v) is 7.76. The number of hydrogen-bond acceptors (Lipinski definition) is 10. The van der Waals surface area contributed by atoms with Crippen molar-refractivity contribution < 1.29 is 37.0 Å². The second kappa shape index (κ2) is 16.7. The number of nitrogens with zero attached hydrogens (tertiary/aromatic N) is 6. The van der Waals surface area contributed by atoms with Gasteiger partial charge in [-0.05, 0) is 69.1 Å². The molecule has 0 aliphatic carbocycles. The van der Waals surface area contributed by atoms with Crippen molar-refractivity contribution in [2.75, 3.05) is 40.3 Å². The highest BCUT2D eigenvalue weighted by atomic mass is 32.2. The van der Waals surface area contributed by atoms with Crippen LogP contribution in [0.3, 0.4) is 0 Å². The van der Waals surface area contributed by atoms with Crippen LogP contribution in [0, 0.1) is 5.41 Å². The number of carbonyl (C=O) groups excluding carboxylic acids is 3. The summed E-state index contributed by atoms with van der Waals surface area (Å²) in [6.07, 6.45) is 4.00. The van der Waals surface area contributed by atoms with E-state index < -0.39 is 27.9 Å². The largest absolute Gasteiger partial charge is 0.465 e. The maximum atomic E-state index is 13.5. The lowest BCUT2D eigenvalue weighted by molar-refractivity contribution is -0.148. The van der Waals surface area contributed by atoms with Gasteiger partial charge in [0.15, 0.2) is 0 Å². The van der Waals surface area contributed by atoms with E-state index in [0.717, 1.165) is 37.8 Å². The van der Waals surface area contributed by atoms with E-state index in [0.29, 0.717) is 39.2 Å². The molecule has 0 bridgehead atoms. The molecule has 0 saturated carbocycles. The van der Waals surface area contributed by atoms with Gasteiger partial charge in [0.25, 0.3) is 0 Å². The first-order chi connectivity index (χ1) is 25.1. The van der Waals surface area contributed by atoms with Crippen LogP contribution in [0.2, 0.25) is 0 Å². The van der Waals surface area contributed by atoms with Gasteiger partial charge in [-0.1, -0.05) is 54.6 Å². The van der Waals surface area contributed by atoms with Gasteiger partial charge in [0.2, 0.25) is 0 Å². The Labute approximate surface area is 312 Å². The zero-order valence-corrected chi connectivity index (χ0v) is 32.4. The third-order valence-electron chi connectivity index (χ3n) is 9.61. The summed E-state index contributed by atoms with van der Waals surface area (Å²) >= 11 is 0. The Bertz CT molecular complexity index is 1820. The third-order valence-corrected chi connectivity index (χ3v) is 11.4. The van der Waals surface area contributed by atoms with Crippen LogP contribution in [-0.2, 0) is 55.5 Å². The van der Waals surface area contributed by atoms with Gasteiger partial charge >= 0.3 is 28.4 Å². The average Bonchev–Trinajstić information content (AvgIpc) is 3.73. The van der Waals surface area contributed by atoms with Crippen molar-refractivity contribution in [1.29, 1.82) is 0 Å². The Morgan fingerprint density at radius 1 is 0.925 bits per heavy atom. The molecule has 5 rings (SSSR count). The van der Waals surface area contributed by atoms with E-state index in [2.05, 4.69) is 9.88 Å². The van der Waals surface area contributed by atoms with Crippen LogP contribution in [0.4, 0.5) is 9.59 Å².